The second-order valence-electron chi connectivity index (χ2n) is 7.79. The average molecular weight is 469 g/mol. The van der Waals surface area contributed by atoms with Crippen molar-refractivity contribution in [2.75, 3.05) is 5.32 Å². The Morgan fingerprint density at radius 3 is 2.34 bits per heavy atom. The number of hydrogen-bond donors (Lipinski definition) is 3. The number of carbonyl (C=O) groups is 3. The van der Waals surface area contributed by atoms with E-state index >= 15 is 0 Å². The van der Waals surface area contributed by atoms with Gasteiger partial charge in [0.15, 0.2) is 5.82 Å². The molecule has 1 unspecified atom stereocenters. The first-order chi connectivity index (χ1) is 17.0. The quantitative estimate of drug-likeness (QED) is 0.306. The monoisotopic (exact) mass is 468 g/mol. The van der Waals surface area contributed by atoms with E-state index in [0.717, 1.165) is 16.9 Å². The van der Waals surface area contributed by atoms with E-state index in [1.54, 1.807) is 36.7 Å². The number of rotatable bonds is 10. The molecule has 1 atom stereocenters. The third kappa shape index (κ3) is 5.97. The standard InChI is InChI=1S/C26H24N6O3/c27-24(34)23(33)22(16-18-8-3-1-4-9-18)30-26(35)21-12-7-14-28-25(21)32-15-13-20(31-32)17-29-19-10-5-2-6-11-19/h1-15,22,29H,16-17H2,(H2,27,34)(H,30,35). The number of ketones is 1. The number of para-hydroxylation sites is 1. The molecule has 2 amide bonds. The highest BCUT2D eigenvalue weighted by atomic mass is 16.2. The Bertz CT molecular complexity index is 1320. The van der Waals surface area contributed by atoms with Gasteiger partial charge in [0.2, 0.25) is 5.78 Å². The molecule has 0 aliphatic carbocycles. The lowest BCUT2D eigenvalue weighted by Gasteiger charge is -2.17. The summed E-state index contributed by atoms with van der Waals surface area (Å²) >= 11 is 0. The molecule has 0 spiro atoms. The number of nitrogens with zero attached hydrogens (tertiary/aromatic N) is 3. The first-order valence-corrected chi connectivity index (χ1v) is 11.0. The molecule has 0 radical (unpaired) electrons. The van der Waals surface area contributed by atoms with Gasteiger partial charge in [0.05, 0.1) is 17.8 Å². The normalized spacial score (nSPS) is 11.4. The summed E-state index contributed by atoms with van der Waals surface area (Å²) in [5, 5.41) is 10.4. The molecule has 4 aromatic rings. The lowest BCUT2D eigenvalue weighted by molar-refractivity contribution is -0.137. The van der Waals surface area contributed by atoms with E-state index in [1.165, 1.54) is 4.68 Å². The Hall–Kier alpha value is -4.79. The van der Waals surface area contributed by atoms with Crippen LogP contribution in [0.1, 0.15) is 21.6 Å². The van der Waals surface area contributed by atoms with Gasteiger partial charge in [-0.05, 0) is 35.9 Å². The number of anilines is 1. The van der Waals surface area contributed by atoms with Gasteiger partial charge in [-0.2, -0.15) is 5.10 Å². The fourth-order valence-corrected chi connectivity index (χ4v) is 3.55. The van der Waals surface area contributed by atoms with Crippen LogP contribution in [-0.4, -0.2) is 38.4 Å². The van der Waals surface area contributed by atoms with Crippen molar-refractivity contribution in [1.82, 2.24) is 20.1 Å². The molecule has 0 aliphatic heterocycles. The minimum Gasteiger partial charge on any atom is -0.379 e. The Labute approximate surface area is 202 Å². The van der Waals surface area contributed by atoms with E-state index in [2.05, 4.69) is 20.7 Å². The molecule has 9 heteroatoms. The SMILES string of the molecule is NC(=O)C(=O)C(Cc1ccccc1)NC(=O)c1cccnc1-n1ccc(CNc2ccccc2)n1. The Morgan fingerprint density at radius 1 is 0.914 bits per heavy atom. The van der Waals surface area contributed by atoms with Crippen molar-refractivity contribution in [3.63, 3.8) is 0 Å². The molecular weight excluding hydrogens is 444 g/mol. The van der Waals surface area contributed by atoms with Crippen LogP contribution >= 0.6 is 0 Å². The molecule has 0 bridgehead atoms. The first kappa shape index (κ1) is 23.4. The van der Waals surface area contributed by atoms with Crippen molar-refractivity contribution in [3.05, 3.63) is 108 Å². The minimum atomic E-state index is -1.11. The average Bonchev–Trinajstić information content (AvgIpc) is 3.37. The summed E-state index contributed by atoms with van der Waals surface area (Å²) in [4.78, 5) is 41.5. The highest BCUT2D eigenvalue weighted by molar-refractivity contribution is 6.38. The molecule has 0 saturated heterocycles. The number of hydrogen-bond acceptors (Lipinski definition) is 6. The smallest absolute Gasteiger partial charge is 0.287 e. The fraction of sp³-hybridized carbons (Fsp3) is 0.115. The number of aromatic nitrogens is 3. The second-order valence-corrected chi connectivity index (χ2v) is 7.79. The number of primary amides is 1. The maximum Gasteiger partial charge on any atom is 0.287 e. The third-order valence-corrected chi connectivity index (χ3v) is 5.29. The van der Waals surface area contributed by atoms with Crippen LogP contribution in [-0.2, 0) is 22.6 Å². The molecule has 35 heavy (non-hydrogen) atoms. The van der Waals surface area contributed by atoms with E-state index in [0.29, 0.717) is 12.4 Å². The highest BCUT2D eigenvalue weighted by Crippen LogP contribution is 2.14. The van der Waals surface area contributed by atoms with Gasteiger partial charge in [0, 0.05) is 24.5 Å². The van der Waals surface area contributed by atoms with Crippen molar-refractivity contribution in [2.45, 2.75) is 19.0 Å². The van der Waals surface area contributed by atoms with Gasteiger partial charge < -0.3 is 16.4 Å². The molecule has 4 rings (SSSR count). The van der Waals surface area contributed by atoms with E-state index in [-0.39, 0.29) is 12.0 Å². The Kier molecular flexibility index (Phi) is 7.27. The molecule has 176 valence electrons. The lowest BCUT2D eigenvalue weighted by atomic mass is 10.0. The number of nitrogens with two attached hydrogens (primary N) is 1. The summed E-state index contributed by atoms with van der Waals surface area (Å²) in [6.45, 7) is 0.484. The van der Waals surface area contributed by atoms with Crippen LogP contribution in [0.4, 0.5) is 5.69 Å². The van der Waals surface area contributed by atoms with Crippen LogP contribution in [0.5, 0.6) is 0 Å². The van der Waals surface area contributed by atoms with Crippen LogP contribution in [0.2, 0.25) is 0 Å². The summed E-state index contributed by atoms with van der Waals surface area (Å²) in [5.41, 5.74) is 7.92. The number of Topliss-reactive ketones (excluding diaryl/α,β-unsaturated/α-hetero) is 1. The van der Waals surface area contributed by atoms with E-state index in [9.17, 15) is 14.4 Å². The van der Waals surface area contributed by atoms with Crippen LogP contribution in [0.3, 0.4) is 0 Å². The van der Waals surface area contributed by atoms with Gasteiger partial charge in [-0.1, -0.05) is 48.5 Å². The minimum absolute atomic E-state index is 0.126. The van der Waals surface area contributed by atoms with Gasteiger partial charge in [0.25, 0.3) is 11.8 Å². The van der Waals surface area contributed by atoms with Crippen molar-refractivity contribution in [3.8, 4) is 5.82 Å². The van der Waals surface area contributed by atoms with Crippen LogP contribution < -0.4 is 16.4 Å². The molecule has 4 N–H and O–H groups in total. The Morgan fingerprint density at radius 2 is 1.63 bits per heavy atom. The molecule has 0 aliphatic rings. The number of pyridine rings is 1. The first-order valence-electron chi connectivity index (χ1n) is 11.0. The van der Waals surface area contributed by atoms with Gasteiger partial charge in [0.1, 0.15) is 6.04 Å². The van der Waals surface area contributed by atoms with E-state index < -0.39 is 23.6 Å². The largest absolute Gasteiger partial charge is 0.379 e. The molecule has 0 fully saturated rings. The van der Waals surface area contributed by atoms with Gasteiger partial charge in [-0.3, -0.25) is 14.4 Å². The van der Waals surface area contributed by atoms with Gasteiger partial charge in [-0.25, -0.2) is 9.67 Å². The molecule has 0 saturated carbocycles. The predicted molar refractivity (Wildman–Crippen MR) is 131 cm³/mol. The maximum absolute atomic E-state index is 13.2. The zero-order valence-corrected chi connectivity index (χ0v) is 18.8. The highest BCUT2D eigenvalue weighted by Gasteiger charge is 2.27. The van der Waals surface area contributed by atoms with Gasteiger partial charge >= 0.3 is 0 Å². The zero-order chi connectivity index (χ0) is 24.6. The Balaban J connectivity index is 1.52. The summed E-state index contributed by atoms with van der Waals surface area (Å²) in [6, 6.07) is 22.7. The number of nitrogens with one attached hydrogen (secondary N) is 2. The van der Waals surface area contributed by atoms with Crippen molar-refractivity contribution >= 4 is 23.3 Å². The summed E-state index contributed by atoms with van der Waals surface area (Å²) in [7, 11) is 0. The van der Waals surface area contributed by atoms with Crippen LogP contribution in [0.25, 0.3) is 5.82 Å². The molecule has 2 aromatic heterocycles. The topological polar surface area (TPSA) is 132 Å². The second kappa shape index (κ2) is 10.9. The molecule has 2 heterocycles. The van der Waals surface area contributed by atoms with E-state index in [4.69, 9.17) is 5.73 Å². The number of amides is 2. The fourth-order valence-electron chi connectivity index (χ4n) is 3.55. The van der Waals surface area contributed by atoms with E-state index in [1.807, 2.05) is 54.6 Å². The maximum atomic E-state index is 13.2. The predicted octanol–water partition coefficient (Wildman–Crippen LogP) is 2.27. The van der Waals surface area contributed by atoms with Crippen molar-refractivity contribution in [1.29, 1.82) is 0 Å². The van der Waals surface area contributed by atoms with Gasteiger partial charge in [-0.15, -0.1) is 0 Å². The molecule has 9 nitrogen and oxygen atoms in total. The summed E-state index contributed by atoms with van der Waals surface area (Å²) < 4.78 is 1.50. The lowest BCUT2D eigenvalue weighted by Crippen LogP contribution is -2.47. The molecular formula is C26H24N6O3. The zero-order valence-electron chi connectivity index (χ0n) is 18.8. The summed E-state index contributed by atoms with van der Waals surface area (Å²) in [6.07, 6.45) is 3.38. The number of benzene rings is 2. The third-order valence-electron chi connectivity index (χ3n) is 5.29. The van der Waals surface area contributed by atoms with Crippen LogP contribution in [0.15, 0.2) is 91.3 Å². The number of carbonyl (C=O) groups excluding carboxylic acids is 3. The van der Waals surface area contributed by atoms with Crippen molar-refractivity contribution < 1.29 is 14.4 Å². The summed E-state index contributed by atoms with van der Waals surface area (Å²) in [5.74, 6) is -2.26. The molecule has 2 aromatic carbocycles. The van der Waals surface area contributed by atoms with Crippen LogP contribution in [0, 0.1) is 0 Å². The van der Waals surface area contributed by atoms with Crippen molar-refractivity contribution in [2.24, 2.45) is 5.73 Å².